The van der Waals surface area contributed by atoms with Gasteiger partial charge in [0.25, 0.3) is 0 Å². The minimum atomic E-state index is 0.734. The molecule has 12 heavy (non-hydrogen) atoms. The Morgan fingerprint density at radius 1 is 1.33 bits per heavy atom. The van der Waals surface area contributed by atoms with Crippen molar-refractivity contribution in [1.29, 1.82) is 0 Å². The summed E-state index contributed by atoms with van der Waals surface area (Å²) >= 11 is 0. The lowest BCUT2D eigenvalue weighted by atomic mass is 9.98. The second-order valence-corrected chi connectivity index (χ2v) is 3.29. The van der Waals surface area contributed by atoms with Gasteiger partial charge in [0, 0.05) is 6.20 Å². The summed E-state index contributed by atoms with van der Waals surface area (Å²) in [5.74, 6) is 0.734. The first-order chi connectivity index (χ1) is 5.97. The molecule has 0 saturated heterocycles. The van der Waals surface area contributed by atoms with E-state index >= 15 is 0 Å². The number of hydrogen-bond donors (Lipinski definition) is 1. The lowest BCUT2D eigenvalue weighted by Crippen LogP contribution is -2.00. The molecular weight excluding hydrogens is 150 g/mol. The van der Waals surface area contributed by atoms with Crippen LogP contribution in [0.4, 0.5) is 0 Å². The molecule has 1 N–H and O–H groups in total. The van der Waals surface area contributed by atoms with E-state index in [4.69, 9.17) is 0 Å². The van der Waals surface area contributed by atoms with Crippen molar-refractivity contribution < 1.29 is 0 Å². The van der Waals surface area contributed by atoms with Crippen molar-refractivity contribution in [2.45, 2.75) is 25.7 Å². The Morgan fingerprint density at radius 2 is 2.17 bits per heavy atom. The summed E-state index contributed by atoms with van der Waals surface area (Å²) in [5, 5.41) is 7.48. The SMILES string of the molecule is C1=CC(C2CCCC2)=CNN=N1. The average molecular weight is 163 g/mol. The Kier molecular flexibility index (Phi) is 2.21. The zero-order valence-corrected chi connectivity index (χ0v) is 7.03. The summed E-state index contributed by atoms with van der Waals surface area (Å²) in [7, 11) is 0. The van der Waals surface area contributed by atoms with Crippen molar-refractivity contribution in [1.82, 2.24) is 5.43 Å². The van der Waals surface area contributed by atoms with E-state index in [0.29, 0.717) is 0 Å². The van der Waals surface area contributed by atoms with Gasteiger partial charge in [-0.25, -0.2) is 0 Å². The molecule has 0 aromatic heterocycles. The van der Waals surface area contributed by atoms with Gasteiger partial charge in [0.05, 0.1) is 6.20 Å². The normalized spacial score (nSPS) is 23.5. The highest BCUT2D eigenvalue weighted by molar-refractivity contribution is 5.22. The van der Waals surface area contributed by atoms with E-state index in [-0.39, 0.29) is 0 Å². The molecule has 1 fully saturated rings. The highest BCUT2D eigenvalue weighted by atomic mass is 15.4. The monoisotopic (exact) mass is 163 g/mol. The van der Waals surface area contributed by atoms with Crippen LogP contribution in [-0.4, -0.2) is 0 Å². The highest BCUT2D eigenvalue weighted by Gasteiger charge is 2.17. The predicted molar refractivity (Wildman–Crippen MR) is 47.2 cm³/mol. The number of nitrogens with one attached hydrogen (secondary N) is 1. The third kappa shape index (κ3) is 1.55. The van der Waals surface area contributed by atoms with E-state index in [1.165, 1.54) is 31.3 Å². The molecule has 3 heteroatoms. The molecule has 0 bridgehead atoms. The fourth-order valence-corrected chi connectivity index (χ4v) is 1.85. The summed E-state index contributed by atoms with van der Waals surface area (Å²) < 4.78 is 0. The summed E-state index contributed by atoms with van der Waals surface area (Å²) in [4.78, 5) is 0. The minimum absolute atomic E-state index is 0.734. The molecule has 1 aliphatic carbocycles. The van der Waals surface area contributed by atoms with Crippen LogP contribution < -0.4 is 5.43 Å². The van der Waals surface area contributed by atoms with Gasteiger partial charge in [-0.1, -0.05) is 18.1 Å². The van der Waals surface area contributed by atoms with Crippen LogP contribution in [0, 0.1) is 5.92 Å². The molecule has 0 spiro atoms. The lowest BCUT2D eigenvalue weighted by molar-refractivity contribution is 0.651. The van der Waals surface area contributed by atoms with Crippen molar-refractivity contribution in [3.63, 3.8) is 0 Å². The van der Waals surface area contributed by atoms with Crippen molar-refractivity contribution in [2.75, 3.05) is 0 Å². The second-order valence-electron chi connectivity index (χ2n) is 3.29. The summed E-state index contributed by atoms with van der Waals surface area (Å²) in [5.41, 5.74) is 4.15. The molecule has 2 rings (SSSR count). The molecule has 1 aliphatic heterocycles. The van der Waals surface area contributed by atoms with Gasteiger partial charge >= 0.3 is 0 Å². The Balaban J connectivity index is 2.06. The molecule has 0 unspecified atom stereocenters. The molecule has 0 aromatic carbocycles. The van der Waals surface area contributed by atoms with E-state index in [2.05, 4.69) is 21.8 Å². The lowest BCUT2D eigenvalue weighted by Gasteiger charge is -2.08. The molecule has 1 saturated carbocycles. The standard InChI is InChI=1S/C9H13N3/c1-2-4-8(3-1)9-5-6-10-12-11-7-9/h5-8H,1-4H2,(H,10,11). The fraction of sp³-hybridized carbons (Fsp3) is 0.556. The Hall–Kier alpha value is -1.12. The first-order valence-electron chi connectivity index (χ1n) is 4.49. The Labute approximate surface area is 72.2 Å². The third-order valence-corrected chi connectivity index (χ3v) is 2.51. The maximum absolute atomic E-state index is 3.77. The van der Waals surface area contributed by atoms with Crippen LogP contribution in [0.1, 0.15) is 25.7 Å². The molecule has 0 atom stereocenters. The van der Waals surface area contributed by atoms with Crippen LogP contribution in [-0.2, 0) is 0 Å². The quantitative estimate of drug-likeness (QED) is 0.633. The molecule has 3 nitrogen and oxygen atoms in total. The number of allylic oxidation sites excluding steroid dienone is 2. The van der Waals surface area contributed by atoms with Crippen LogP contribution in [0.3, 0.4) is 0 Å². The van der Waals surface area contributed by atoms with Gasteiger partial charge in [-0.3, -0.25) is 5.43 Å². The van der Waals surface area contributed by atoms with E-state index in [1.807, 2.05) is 6.20 Å². The highest BCUT2D eigenvalue weighted by Crippen LogP contribution is 2.31. The van der Waals surface area contributed by atoms with Crippen molar-refractivity contribution in [2.24, 2.45) is 16.3 Å². The van der Waals surface area contributed by atoms with Gasteiger partial charge in [-0.15, -0.1) is 5.11 Å². The Bertz CT molecular complexity index is 234. The molecule has 0 aromatic rings. The zero-order chi connectivity index (χ0) is 8.23. The van der Waals surface area contributed by atoms with E-state index in [9.17, 15) is 0 Å². The molecular formula is C9H13N3. The maximum Gasteiger partial charge on any atom is 0.0516 e. The molecule has 2 aliphatic rings. The van der Waals surface area contributed by atoms with Crippen LogP contribution in [0.2, 0.25) is 0 Å². The van der Waals surface area contributed by atoms with E-state index < -0.39 is 0 Å². The largest absolute Gasteiger partial charge is 0.267 e. The Morgan fingerprint density at radius 3 is 3.00 bits per heavy atom. The topological polar surface area (TPSA) is 36.8 Å². The average Bonchev–Trinajstić information content (AvgIpc) is 2.48. The fourth-order valence-electron chi connectivity index (χ4n) is 1.85. The van der Waals surface area contributed by atoms with Crippen LogP contribution in [0.5, 0.6) is 0 Å². The van der Waals surface area contributed by atoms with Crippen molar-refractivity contribution >= 4 is 0 Å². The molecule has 0 radical (unpaired) electrons. The second kappa shape index (κ2) is 3.52. The van der Waals surface area contributed by atoms with Gasteiger partial charge in [0.1, 0.15) is 0 Å². The third-order valence-electron chi connectivity index (χ3n) is 2.51. The van der Waals surface area contributed by atoms with Crippen LogP contribution in [0.15, 0.2) is 34.4 Å². The number of rotatable bonds is 1. The predicted octanol–water partition coefficient (Wildman–Crippen LogP) is 2.54. The smallest absolute Gasteiger partial charge is 0.0516 e. The van der Waals surface area contributed by atoms with Gasteiger partial charge in [-0.05, 0) is 30.4 Å². The van der Waals surface area contributed by atoms with Gasteiger partial charge in [0.2, 0.25) is 0 Å². The molecule has 0 amide bonds. The van der Waals surface area contributed by atoms with Gasteiger partial charge in [-0.2, -0.15) is 0 Å². The summed E-state index contributed by atoms with van der Waals surface area (Å²) in [6.07, 6.45) is 11.1. The van der Waals surface area contributed by atoms with Crippen molar-refractivity contribution in [3.05, 3.63) is 24.0 Å². The summed E-state index contributed by atoms with van der Waals surface area (Å²) in [6, 6.07) is 0. The first-order valence-corrected chi connectivity index (χ1v) is 4.49. The molecule has 1 heterocycles. The first kappa shape index (κ1) is 7.53. The van der Waals surface area contributed by atoms with E-state index in [0.717, 1.165) is 5.92 Å². The minimum Gasteiger partial charge on any atom is -0.267 e. The zero-order valence-electron chi connectivity index (χ0n) is 7.03. The maximum atomic E-state index is 3.77. The van der Waals surface area contributed by atoms with Gasteiger partial charge in [0.15, 0.2) is 0 Å². The van der Waals surface area contributed by atoms with Crippen LogP contribution in [0.25, 0.3) is 0 Å². The van der Waals surface area contributed by atoms with Crippen molar-refractivity contribution in [3.8, 4) is 0 Å². The number of nitrogens with zero attached hydrogens (tertiary/aromatic N) is 2. The van der Waals surface area contributed by atoms with E-state index in [1.54, 1.807) is 6.20 Å². The van der Waals surface area contributed by atoms with Gasteiger partial charge < -0.3 is 0 Å². The van der Waals surface area contributed by atoms with Crippen LogP contribution >= 0.6 is 0 Å². The molecule has 64 valence electrons. The number of hydrogen-bond acceptors (Lipinski definition) is 3. The summed E-state index contributed by atoms with van der Waals surface area (Å²) in [6.45, 7) is 0.